The highest BCUT2D eigenvalue weighted by Crippen LogP contribution is 2.16. The van der Waals surface area contributed by atoms with Gasteiger partial charge in [0, 0.05) is 6.42 Å². The van der Waals surface area contributed by atoms with E-state index in [2.05, 4.69) is 13.8 Å². The predicted molar refractivity (Wildman–Crippen MR) is 165 cm³/mol. The fourth-order valence-electron chi connectivity index (χ4n) is 5.35. The summed E-state index contributed by atoms with van der Waals surface area (Å²) in [6.07, 6.45) is 39.1. The minimum Gasteiger partial charge on any atom is -0.454 e. The lowest BCUT2D eigenvalue weighted by molar-refractivity contribution is -0.146. The van der Waals surface area contributed by atoms with Crippen LogP contribution in [0.3, 0.4) is 0 Å². The first-order chi connectivity index (χ1) is 18.7. The van der Waals surface area contributed by atoms with E-state index < -0.39 is 6.10 Å². The van der Waals surface area contributed by atoms with Crippen LogP contribution >= 0.6 is 0 Å². The van der Waals surface area contributed by atoms with Gasteiger partial charge in [0.2, 0.25) is 6.29 Å². The fourth-order valence-corrected chi connectivity index (χ4v) is 5.35. The monoisotopic (exact) mass is 536 g/mol. The molecule has 0 aliphatic carbocycles. The van der Waals surface area contributed by atoms with Gasteiger partial charge in [-0.15, -0.1) is 0 Å². The van der Waals surface area contributed by atoms with Gasteiger partial charge in [-0.25, -0.2) is 0 Å². The summed E-state index contributed by atoms with van der Waals surface area (Å²) >= 11 is 0. The second-order valence-corrected chi connectivity index (χ2v) is 11.8. The number of rotatable bonds is 32. The summed E-state index contributed by atoms with van der Waals surface area (Å²) in [5.74, 6) is -0.221. The van der Waals surface area contributed by atoms with Crippen LogP contribution in [0.5, 0.6) is 0 Å². The van der Waals surface area contributed by atoms with Crippen molar-refractivity contribution in [3.63, 3.8) is 0 Å². The SMILES string of the molecule is CCCCCCCCCCCCCCCCCCCCCC(=O)OC([C]=O)CCCCCCCCCCC. The van der Waals surface area contributed by atoms with Crippen LogP contribution < -0.4 is 0 Å². The zero-order chi connectivity index (χ0) is 27.8. The molecule has 225 valence electrons. The molecule has 3 heteroatoms. The smallest absolute Gasteiger partial charge is 0.306 e. The van der Waals surface area contributed by atoms with Crippen molar-refractivity contribution in [1.82, 2.24) is 0 Å². The van der Waals surface area contributed by atoms with Crippen molar-refractivity contribution in [2.45, 2.75) is 213 Å². The third-order valence-corrected chi connectivity index (χ3v) is 7.96. The van der Waals surface area contributed by atoms with Crippen molar-refractivity contribution >= 4 is 12.3 Å². The van der Waals surface area contributed by atoms with Crippen LogP contribution in [0.4, 0.5) is 0 Å². The van der Waals surface area contributed by atoms with E-state index in [0.29, 0.717) is 12.8 Å². The topological polar surface area (TPSA) is 43.4 Å². The van der Waals surface area contributed by atoms with Crippen molar-refractivity contribution in [2.24, 2.45) is 0 Å². The summed E-state index contributed by atoms with van der Waals surface area (Å²) in [6.45, 7) is 4.53. The molecule has 0 aromatic carbocycles. The molecule has 0 aliphatic rings. The Balaban J connectivity index is 3.35. The molecule has 38 heavy (non-hydrogen) atoms. The van der Waals surface area contributed by atoms with Gasteiger partial charge in [0.25, 0.3) is 0 Å². The number of carbonyl (C=O) groups is 1. The van der Waals surface area contributed by atoms with E-state index in [1.165, 1.54) is 154 Å². The molecule has 3 nitrogen and oxygen atoms in total. The molecule has 0 N–H and O–H groups in total. The van der Waals surface area contributed by atoms with Crippen LogP contribution in [0.2, 0.25) is 0 Å². The molecule has 0 saturated carbocycles. The highest BCUT2D eigenvalue weighted by Gasteiger charge is 2.14. The number of hydrogen-bond acceptors (Lipinski definition) is 3. The lowest BCUT2D eigenvalue weighted by Crippen LogP contribution is -2.19. The number of unbranched alkanes of at least 4 members (excludes halogenated alkanes) is 26. The maximum atomic E-state index is 12.1. The minimum atomic E-state index is -0.660. The Labute approximate surface area is 239 Å². The van der Waals surface area contributed by atoms with E-state index in [1.54, 1.807) is 0 Å². The molecule has 1 radical (unpaired) electrons. The van der Waals surface area contributed by atoms with Gasteiger partial charge in [-0.3, -0.25) is 9.59 Å². The van der Waals surface area contributed by atoms with Crippen molar-refractivity contribution in [1.29, 1.82) is 0 Å². The van der Waals surface area contributed by atoms with Crippen LogP contribution in [0, 0.1) is 0 Å². The van der Waals surface area contributed by atoms with Crippen LogP contribution in [0.25, 0.3) is 0 Å². The standard InChI is InChI=1S/C35H67O3/c1-3-5-7-9-11-13-14-15-16-17-18-19-20-21-22-24-26-28-30-32-35(37)38-34(33-36)31-29-27-25-23-12-10-8-6-4-2/h34H,3-32H2,1-2H3. The molecular formula is C35H67O3. The molecule has 0 saturated heterocycles. The van der Waals surface area contributed by atoms with Gasteiger partial charge in [-0.05, 0) is 19.3 Å². The van der Waals surface area contributed by atoms with Crippen molar-refractivity contribution in [2.75, 3.05) is 0 Å². The highest BCUT2D eigenvalue weighted by molar-refractivity contribution is 5.72. The molecule has 0 aromatic heterocycles. The van der Waals surface area contributed by atoms with E-state index >= 15 is 0 Å². The summed E-state index contributed by atoms with van der Waals surface area (Å²) in [7, 11) is 0. The highest BCUT2D eigenvalue weighted by atomic mass is 16.5. The van der Waals surface area contributed by atoms with Gasteiger partial charge in [0.15, 0.2) is 6.10 Å². The molecule has 0 aromatic rings. The van der Waals surface area contributed by atoms with Crippen molar-refractivity contribution < 1.29 is 14.3 Å². The average Bonchev–Trinajstić information content (AvgIpc) is 2.92. The van der Waals surface area contributed by atoms with Crippen LogP contribution in [-0.4, -0.2) is 18.4 Å². The maximum Gasteiger partial charge on any atom is 0.306 e. The van der Waals surface area contributed by atoms with E-state index in [1.807, 2.05) is 6.29 Å². The molecule has 0 aliphatic heterocycles. The normalized spacial score (nSPS) is 12.1. The molecule has 1 atom stereocenters. The first kappa shape index (κ1) is 37.1. The maximum absolute atomic E-state index is 12.1. The van der Waals surface area contributed by atoms with Crippen molar-refractivity contribution in [3.05, 3.63) is 0 Å². The Hall–Kier alpha value is -0.860. The molecule has 0 bridgehead atoms. The van der Waals surface area contributed by atoms with E-state index in [-0.39, 0.29) is 5.97 Å². The Morgan fingerprint density at radius 2 is 0.763 bits per heavy atom. The summed E-state index contributed by atoms with van der Waals surface area (Å²) in [4.78, 5) is 23.2. The summed E-state index contributed by atoms with van der Waals surface area (Å²) in [5, 5.41) is 0. The van der Waals surface area contributed by atoms with Gasteiger partial charge < -0.3 is 4.74 Å². The zero-order valence-corrected chi connectivity index (χ0v) is 26.0. The second-order valence-electron chi connectivity index (χ2n) is 11.8. The third-order valence-electron chi connectivity index (χ3n) is 7.96. The quantitative estimate of drug-likeness (QED) is 0.0635. The van der Waals surface area contributed by atoms with E-state index in [9.17, 15) is 9.59 Å². The van der Waals surface area contributed by atoms with Gasteiger partial charge in [0.1, 0.15) is 0 Å². The lowest BCUT2D eigenvalue weighted by atomic mass is 10.0. The predicted octanol–water partition coefficient (Wildman–Crippen LogP) is 11.8. The van der Waals surface area contributed by atoms with Gasteiger partial charge in [-0.1, -0.05) is 181 Å². The molecular weight excluding hydrogens is 468 g/mol. The molecule has 0 rings (SSSR count). The van der Waals surface area contributed by atoms with Crippen LogP contribution in [-0.2, 0) is 14.3 Å². The molecule has 0 amide bonds. The summed E-state index contributed by atoms with van der Waals surface area (Å²) < 4.78 is 5.35. The largest absolute Gasteiger partial charge is 0.454 e. The minimum absolute atomic E-state index is 0.221. The lowest BCUT2D eigenvalue weighted by Gasteiger charge is -2.11. The number of esters is 1. The van der Waals surface area contributed by atoms with Gasteiger partial charge in [-0.2, -0.15) is 0 Å². The van der Waals surface area contributed by atoms with Crippen LogP contribution in [0.15, 0.2) is 0 Å². The number of carbonyl (C=O) groups excluding carboxylic acids is 2. The molecule has 0 fully saturated rings. The number of hydrogen-bond donors (Lipinski definition) is 0. The Bertz CT molecular complexity index is 476. The zero-order valence-electron chi connectivity index (χ0n) is 26.0. The fraction of sp³-hybridized carbons (Fsp3) is 0.943. The third kappa shape index (κ3) is 29.7. The number of ether oxygens (including phenoxy) is 1. The Morgan fingerprint density at radius 3 is 1.08 bits per heavy atom. The molecule has 0 spiro atoms. The Kier molecular flexibility index (Phi) is 31.6. The second kappa shape index (κ2) is 32.4. The van der Waals surface area contributed by atoms with Crippen molar-refractivity contribution in [3.8, 4) is 0 Å². The molecule has 1 unspecified atom stereocenters. The van der Waals surface area contributed by atoms with Crippen LogP contribution in [0.1, 0.15) is 206 Å². The summed E-state index contributed by atoms with van der Waals surface area (Å²) in [5.41, 5.74) is 0. The first-order valence-electron chi connectivity index (χ1n) is 17.3. The van der Waals surface area contributed by atoms with Gasteiger partial charge >= 0.3 is 5.97 Å². The summed E-state index contributed by atoms with van der Waals surface area (Å²) in [6, 6.07) is 0. The molecule has 0 heterocycles. The van der Waals surface area contributed by atoms with Gasteiger partial charge in [0.05, 0.1) is 0 Å². The van der Waals surface area contributed by atoms with E-state index in [4.69, 9.17) is 4.74 Å². The first-order valence-corrected chi connectivity index (χ1v) is 17.3. The Morgan fingerprint density at radius 1 is 0.474 bits per heavy atom. The average molecular weight is 536 g/mol. The van der Waals surface area contributed by atoms with E-state index in [0.717, 1.165) is 25.7 Å².